The number of amides is 1. The summed E-state index contributed by atoms with van der Waals surface area (Å²) >= 11 is 5.71. The number of hydrogen-bond acceptors (Lipinski definition) is 3. The zero-order valence-electron chi connectivity index (χ0n) is 14.6. The number of carbonyl (C=O) groups is 1. The molecule has 4 rings (SSSR count). The molecule has 3 aromatic rings. The van der Waals surface area contributed by atoms with Crippen LogP contribution in [-0.2, 0) is 17.6 Å². The van der Waals surface area contributed by atoms with Gasteiger partial charge < -0.3 is 0 Å². The van der Waals surface area contributed by atoms with Crippen LogP contribution in [0.1, 0.15) is 24.0 Å². The van der Waals surface area contributed by atoms with Crippen molar-refractivity contribution >= 4 is 23.3 Å². The van der Waals surface area contributed by atoms with Gasteiger partial charge in [0, 0.05) is 36.5 Å². The van der Waals surface area contributed by atoms with Gasteiger partial charge in [0.05, 0.1) is 10.7 Å². The van der Waals surface area contributed by atoms with Gasteiger partial charge in [0.2, 0.25) is 5.91 Å². The fourth-order valence-corrected chi connectivity index (χ4v) is 3.53. The van der Waals surface area contributed by atoms with Gasteiger partial charge >= 0.3 is 0 Å². The van der Waals surface area contributed by atoms with Crippen LogP contribution in [0.2, 0.25) is 5.02 Å². The number of aryl methyl sites for hydroxylation is 1. The van der Waals surface area contributed by atoms with Crippen LogP contribution >= 0.6 is 11.6 Å². The molecule has 0 saturated carbocycles. The van der Waals surface area contributed by atoms with Crippen LogP contribution in [0.4, 0.5) is 10.2 Å². The third-order valence-electron chi connectivity index (χ3n) is 4.79. The second kappa shape index (κ2) is 7.48. The van der Waals surface area contributed by atoms with E-state index in [0.717, 1.165) is 35.2 Å². The molecule has 1 N–H and O–H groups in total. The highest BCUT2D eigenvalue weighted by atomic mass is 35.5. The number of H-pyrrole nitrogens is 1. The fourth-order valence-electron chi connectivity index (χ4n) is 3.42. The Balaban J connectivity index is 1.51. The summed E-state index contributed by atoms with van der Waals surface area (Å²) in [5.74, 6) is 0.218. The number of rotatable bonds is 4. The number of nitrogens with one attached hydrogen (secondary N) is 1. The Morgan fingerprint density at radius 1 is 1.26 bits per heavy atom. The van der Waals surface area contributed by atoms with Crippen molar-refractivity contribution in [3.8, 4) is 11.3 Å². The Kier molecular flexibility index (Phi) is 4.90. The SMILES string of the molecule is O=C(CCc1ccc(Cl)c(F)c1)N1CCCc2c1n[nH]c2-c1ccncc1. The topological polar surface area (TPSA) is 61.9 Å². The van der Waals surface area contributed by atoms with E-state index in [1.165, 1.54) is 12.1 Å². The van der Waals surface area contributed by atoms with Crippen LogP contribution in [0.5, 0.6) is 0 Å². The van der Waals surface area contributed by atoms with Crippen molar-refractivity contribution in [2.45, 2.75) is 25.7 Å². The quantitative estimate of drug-likeness (QED) is 0.734. The number of hydrogen-bond donors (Lipinski definition) is 1. The molecule has 138 valence electrons. The maximum Gasteiger partial charge on any atom is 0.228 e. The van der Waals surface area contributed by atoms with Gasteiger partial charge in [-0.3, -0.25) is 19.8 Å². The normalized spacial score (nSPS) is 13.5. The van der Waals surface area contributed by atoms with Crippen LogP contribution in [0.25, 0.3) is 11.3 Å². The van der Waals surface area contributed by atoms with Gasteiger partial charge in [0.15, 0.2) is 5.82 Å². The van der Waals surface area contributed by atoms with Crippen molar-refractivity contribution < 1.29 is 9.18 Å². The van der Waals surface area contributed by atoms with Crippen LogP contribution in [0.15, 0.2) is 42.7 Å². The molecule has 1 amide bonds. The Morgan fingerprint density at radius 3 is 2.85 bits per heavy atom. The largest absolute Gasteiger partial charge is 0.295 e. The molecule has 0 aliphatic carbocycles. The number of nitrogens with zero attached hydrogens (tertiary/aromatic N) is 3. The Hall–Kier alpha value is -2.73. The van der Waals surface area contributed by atoms with E-state index in [4.69, 9.17) is 11.6 Å². The van der Waals surface area contributed by atoms with Gasteiger partial charge in [-0.15, -0.1) is 0 Å². The highest BCUT2D eigenvalue weighted by Crippen LogP contribution is 2.33. The van der Waals surface area contributed by atoms with Crippen molar-refractivity contribution in [3.63, 3.8) is 0 Å². The minimum absolute atomic E-state index is 0.0147. The molecule has 2 aromatic heterocycles. The second-order valence-electron chi connectivity index (χ2n) is 6.53. The molecule has 3 heterocycles. The average molecular weight is 385 g/mol. The number of aromatic amines is 1. The maximum absolute atomic E-state index is 13.6. The zero-order valence-corrected chi connectivity index (χ0v) is 15.3. The van der Waals surface area contributed by atoms with Gasteiger partial charge in [-0.1, -0.05) is 17.7 Å². The first-order valence-corrected chi connectivity index (χ1v) is 9.23. The summed E-state index contributed by atoms with van der Waals surface area (Å²) in [4.78, 5) is 18.5. The number of aromatic nitrogens is 3. The van der Waals surface area contributed by atoms with E-state index in [1.54, 1.807) is 23.4 Å². The third kappa shape index (κ3) is 3.57. The van der Waals surface area contributed by atoms with Gasteiger partial charge in [-0.2, -0.15) is 5.10 Å². The summed E-state index contributed by atoms with van der Waals surface area (Å²) in [6.45, 7) is 0.640. The lowest BCUT2D eigenvalue weighted by Crippen LogP contribution is -2.35. The lowest BCUT2D eigenvalue weighted by molar-refractivity contribution is -0.118. The van der Waals surface area contributed by atoms with Crippen molar-refractivity contribution in [3.05, 3.63) is 64.7 Å². The number of halogens is 2. The summed E-state index contributed by atoms with van der Waals surface area (Å²) in [5, 5.41) is 7.56. The van der Waals surface area contributed by atoms with Crippen molar-refractivity contribution in [1.82, 2.24) is 15.2 Å². The molecule has 0 spiro atoms. The highest BCUT2D eigenvalue weighted by Gasteiger charge is 2.27. The standard InChI is InChI=1S/C20H18ClFN4O/c21-16-5-3-13(12-17(16)22)4-6-18(27)26-11-1-2-15-19(24-25-20(15)26)14-7-9-23-10-8-14/h3,5,7-10,12H,1-2,4,6,11H2,(H,24,25). The average Bonchev–Trinajstić information content (AvgIpc) is 3.13. The molecular formula is C20H18ClFN4O. The molecule has 27 heavy (non-hydrogen) atoms. The van der Waals surface area contributed by atoms with Gasteiger partial charge in [-0.05, 0) is 49.1 Å². The molecule has 0 radical (unpaired) electrons. The Morgan fingerprint density at radius 2 is 2.07 bits per heavy atom. The molecule has 0 atom stereocenters. The van der Waals surface area contributed by atoms with Gasteiger partial charge in [0.1, 0.15) is 5.82 Å². The summed E-state index contributed by atoms with van der Waals surface area (Å²) in [6.07, 6.45) is 5.97. The number of anilines is 1. The summed E-state index contributed by atoms with van der Waals surface area (Å²) in [5.41, 5.74) is 3.75. The van der Waals surface area contributed by atoms with Crippen LogP contribution in [-0.4, -0.2) is 27.6 Å². The van der Waals surface area contributed by atoms with E-state index >= 15 is 0 Å². The van der Waals surface area contributed by atoms with Crippen molar-refractivity contribution in [1.29, 1.82) is 0 Å². The Labute approximate surface area is 161 Å². The molecule has 0 bridgehead atoms. The van der Waals surface area contributed by atoms with E-state index in [2.05, 4.69) is 15.2 Å². The summed E-state index contributed by atoms with van der Waals surface area (Å²) in [7, 11) is 0. The van der Waals surface area contributed by atoms with E-state index in [1.807, 2.05) is 12.1 Å². The molecule has 1 aliphatic heterocycles. The molecule has 7 heteroatoms. The van der Waals surface area contributed by atoms with E-state index < -0.39 is 5.82 Å². The number of benzene rings is 1. The van der Waals surface area contributed by atoms with Crippen LogP contribution in [0, 0.1) is 5.82 Å². The molecule has 1 aromatic carbocycles. The molecule has 5 nitrogen and oxygen atoms in total. The number of carbonyl (C=O) groups excluding carboxylic acids is 1. The second-order valence-corrected chi connectivity index (χ2v) is 6.94. The van der Waals surface area contributed by atoms with Gasteiger partial charge in [0.25, 0.3) is 0 Å². The molecular weight excluding hydrogens is 367 g/mol. The smallest absolute Gasteiger partial charge is 0.228 e. The van der Waals surface area contributed by atoms with Crippen LogP contribution < -0.4 is 4.90 Å². The number of pyridine rings is 1. The summed E-state index contributed by atoms with van der Waals surface area (Å²) in [6, 6.07) is 8.49. The Bertz CT molecular complexity index is 973. The molecule has 0 unspecified atom stereocenters. The minimum atomic E-state index is -0.462. The van der Waals surface area contributed by atoms with Gasteiger partial charge in [-0.25, -0.2) is 4.39 Å². The molecule has 0 fully saturated rings. The third-order valence-corrected chi connectivity index (χ3v) is 5.10. The molecule has 0 saturated heterocycles. The monoisotopic (exact) mass is 384 g/mol. The van der Waals surface area contributed by atoms with Crippen molar-refractivity contribution in [2.24, 2.45) is 0 Å². The van der Waals surface area contributed by atoms with E-state index in [9.17, 15) is 9.18 Å². The molecule has 1 aliphatic rings. The van der Waals surface area contributed by atoms with E-state index in [0.29, 0.717) is 18.8 Å². The highest BCUT2D eigenvalue weighted by molar-refractivity contribution is 6.30. The first-order chi connectivity index (χ1) is 13.1. The predicted octanol–water partition coefficient (Wildman–Crippen LogP) is 4.18. The van der Waals surface area contributed by atoms with Crippen molar-refractivity contribution in [2.75, 3.05) is 11.4 Å². The lowest BCUT2D eigenvalue weighted by atomic mass is 10.0. The fraction of sp³-hybridized carbons (Fsp3) is 0.250. The van der Waals surface area contributed by atoms with Crippen LogP contribution in [0.3, 0.4) is 0 Å². The minimum Gasteiger partial charge on any atom is -0.295 e. The maximum atomic E-state index is 13.6. The summed E-state index contributed by atoms with van der Waals surface area (Å²) < 4.78 is 13.6. The number of fused-ring (bicyclic) bond motifs is 1. The van der Waals surface area contributed by atoms with E-state index in [-0.39, 0.29) is 17.4 Å². The first kappa shape index (κ1) is 17.7. The zero-order chi connectivity index (χ0) is 18.8. The predicted molar refractivity (Wildman–Crippen MR) is 102 cm³/mol. The first-order valence-electron chi connectivity index (χ1n) is 8.85. The lowest BCUT2D eigenvalue weighted by Gasteiger charge is -2.26.